The van der Waals surface area contributed by atoms with Gasteiger partial charge < -0.3 is 14.6 Å². The minimum absolute atomic E-state index is 0.0379. The van der Waals surface area contributed by atoms with Crippen molar-refractivity contribution < 1.29 is 19.1 Å². The number of carboxylic acids is 1. The van der Waals surface area contributed by atoms with E-state index in [1.807, 2.05) is 48.2 Å². The van der Waals surface area contributed by atoms with Crippen LogP contribution in [0.5, 0.6) is 0 Å². The number of hydrogen-bond donors (Lipinski definition) is 1. The van der Waals surface area contributed by atoms with Crippen molar-refractivity contribution in [3.8, 4) is 0 Å². The number of aliphatic carboxylic acids is 1. The van der Waals surface area contributed by atoms with E-state index in [4.69, 9.17) is 0 Å². The molecule has 0 saturated carbocycles. The Bertz CT molecular complexity index is 1430. The standard InChI is InChI=1S/C32H33FN2O3/c1-22(18-24-10-6-3-7-11-24)32(38)34(17-16-23-8-4-2-5-9-23)26-13-15-30-28(20-26)27-19-25(33)12-14-29(27)35(30)21-31(36)37/h2-12,14,19,22,26H,13,15-18,20-21H2,1H3,(H,36,37)/t22-,26?/m0/s1. The molecule has 196 valence electrons. The second-order valence-electron chi connectivity index (χ2n) is 10.3. The van der Waals surface area contributed by atoms with Crippen LogP contribution in [0.15, 0.2) is 78.9 Å². The number of carboxylic acid groups (broad SMARTS) is 1. The van der Waals surface area contributed by atoms with E-state index in [1.165, 1.54) is 17.7 Å². The molecule has 0 radical (unpaired) electrons. The zero-order valence-electron chi connectivity index (χ0n) is 21.6. The summed E-state index contributed by atoms with van der Waals surface area (Å²) in [5, 5.41) is 10.3. The van der Waals surface area contributed by atoms with E-state index in [9.17, 15) is 19.1 Å². The number of carbonyl (C=O) groups excluding carboxylic acids is 1. The summed E-state index contributed by atoms with van der Waals surface area (Å²) in [6.45, 7) is 2.43. The lowest BCUT2D eigenvalue weighted by Crippen LogP contribution is -2.47. The van der Waals surface area contributed by atoms with E-state index in [2.05, 4.69) is 24.3 Å². The van der Waals surface area contributed by atoms with Crippen molar-refractivity contribution in [2.75, 3.05) is 6.54 Å². The van der Waals surface area contributed by atoms with Crippen LogP contribution in [0.2, 0.25) is 0 Å². The number of aromatic nitrogens is 1. The average Bonchev–Trinajstić information content (AvgIpc) is 3.21. The second-order valence-corrected chi connectivity index (χ2v) is 10.3. The molecule has 4 aromatic rings. The van der Waals surface area contributed by atoms with Crippen molar-refractivity contribution in [1.82, 2.24) is 9.47 Å². The van der Waals surface area contributed by atoms with Gasteiger partial charge in [-0.05, 0) is 67.0 Å². The molecule has 38 heavy (non-hydrogen) atoms. The fourth-order valence-corrected chi connectivity index (χ4v) is 5.89. The van der Waals surface area contributed by atoms with Gasteiger partial charge in [0, 0.05) is 35.1 Å². The van der Waals surface area contributed by atoms with Crippen LogP contribution in [0, 0.1) is 11.7 Å². The van der Waals surface area contributed by atoms with Crippen molar-refractivity contribution in [3.63, 3.8) is 0 Å². The Labute approximate surface area is 222 Å². The molecule has 1 amide bonds. The normalized spacial score (nSPS) is 15.7. The van der Waals surface area contributed by atoms with Crippen molar-refractivity contribution in [1.29, 1.82) is 0 Å². The van der Waals surface area contributed by atoms with Crippen LogP contribution in [0.25, 0.3) is 10.9 Å². The predicted molar refractivity (Wildman–Crippen MR) is 147 cm³/mol. The summed E-state index contributed by atoms with van der Waals surface area (Å²) >= 11 is 0. The molecule has 0 fully saturated rings. The molecule has 1 heterocycles. The lowest BCUT2D eigenvalue weighted by atomic mass is 9.89. The molecule has 6 heteroatoms. The summed E-state index contributed by atoms with van der Waals surface area (Å²) in [4.78, 5) is 27.6. The van der Waals surface area contributed by atoms with Crippen molar-refractivity contribution in [2.45, 2.75) is 51.6 Å². The molecule has 1 aromatic heterocycles. The van der Waals surface area contributed by atoms with Gasteiger partial charge in [0.15, 0.2) is 0 Å². The number of nitrogens with zero attached hydrogens (tertiary/aromatic N) is 2. The molecule has 1 aliphatic carbocycles. The molecule has 5 rings (SSSR count). The van der Waals surface area contributed by atoms with Crippen LogP contribution in [0.4, 0.5) is 4.39 Å². The topological polar surface area (TPSA) is 62.5 Å². The first-order chi connectivity index (χ1) is 18.4. The van der Waals surface area contributed by atoms with E-state index in [0.29, 0.717) is 25.8 Å². The van der Waals surface area contributed by atoms with Crippen LogP contribution < -0.4 is 0 Å². The first-order valence-corrected chi connectivity index (χ1v) is 13.3. The number of benzene rings is 3. The number of carbonyl (C=O) groups is 2. The molecule has 0 spiro atoms. The zero-order chi connectivity index (χ0) is 26.6. The monoisotopic (exact) mass is 512 g/mol. The fraction of sp³-hybridized carbons (Fsp3) is 0.312. The van der Waals surface area contributed by atoms with Gasteiger partial charge in [-0.15, -0.1) is 0 Å². The molecule has 0 aliphatic heterocycles. The molecule has 0 saturated heterocycles. The summed E-state index contributed by atoms with van der Waals surface area (Å²) in [6.07, 6.45) is 3.39. The molecular weight excluding hydrogens is 479 g/mol. The van der Waals surface area contributed by atoms with E-state index >= 15 is 0 Å². The molecule has 1 aliphatic rings. The Morgan fingerprint density at radius 2 is 1.71 bits per heavy atom. The van der Waals surface area contributed by atoms with Crippen LogP contribution in [-0.4, -0.2) is 39.0 Å². The quantitative estimate of drug-likeness (QED) is 0.314. The lowest BCUT2D eigenvalue weighted by Gasteiger charge is -2.36. The highest BCUT2D eigenvalue weighted by atomic mass is 19.1. The lowest BCUT2D eigenvalue weighted by molar-refractivity contribution is -0.138. The van der Waals surface area contributed by atoms with E-state index < -0.39 is 5.97 Å². The molecule has 1 unspecified atom stereocenters. The van der Waals surface area contributed by atoms with E-state index in [1.54, 1.807) is 10.6 Å². The Hall–Kier alpha value is -3.93. The molecule has 2 atom stereocenters. The Balaban J connectivity index is 1.45. The van der Waals surface area contributed by atoms with Crippen LogP contribution in [-0.2, 0) is 41.8 Å². The SMILES string of the molecule is C[C@@H](Cc1ccccc1)C(=O)N(CCc1ccccc1)C1CCc2c(c3cc(F)ccc3n2CC(=O)O)C1. The number of rotatable bonds is 9. The van der Waals surface area contributed by atoms with Crippen LogP contribution >= 0.6 is 0 Å². The van der Waals surface area contributed by atoms with Crippen LogP contribution in [0.3, 0.4) is 0 Å². The third-order valence-electron chi connectivity index (χ3n) is 7.71. The number of fused-ring (bicyclic) bond motifs is 3. The predicted octanol–water partition coefficient (Wildman–Crippen LogP) is 5.67. The van der Waals surface area contributed by atoms with Gasteiger partial charge in [0.05, 0.1) is 0 Å². The van der Waals surface area contributed by atoms with Gasteiger partial charge in [-0.1, -0.05) is 67.6 Å². The molecule has 5 nitrogen and oxygen atoms in total. The third-order valence-corrected chi connectivity index (χ3v) is 7.71. The summed E-state index contributed by atoms with van der Waals surface area (Å²) in [5.74, 6) is -1.33. The maximum atomic E-state index is 14.3. The van der Waals surface area contributed by atoms with Gasteiger partial charge in [-0.2, -0.15) is 0 Å². The fourth-order valence-electron chi connectivity index (χ4n) is 5.89. The van der Waals surface area contributed by atoms with Gasteiger partial charge in [0.2, 0.25) is 5.91 Å². The smallest absolute Gasteiger partial charge is 0.323 e. The van der Waals surface area contributed by atoms with Crippen LogP contribution in [0.1, 0.15) is 35.7 Å². The van der Waals surface area contributed by atoms with Gasteiger partial charge in [0.25, 0.3) is 0 Å². The van der Waals surface area contributed by atoms with Gasteiger partial charge in [-0.25, -0.2) is 4.39 Å². The summed E-state index contributed by atoms with van der Waals surface area (Å²) in [5.41, 5.74) is 4.95. The first kappa shape index (κ1) is 25.7. The largest absolute Gasteiger partial charge is 0.480 e. The minimum atomic E-state index is -0.925. The van der Waals surface area contributed by atoms with Crippen molar-refractivity contribution >= 4 is 22.8 Å². The Morgan fingerprint density at radius 1 is 1.03 bits per heavy atom. The van der Waals surface area contributed by atoms with Gasteiger partial charge in [0.1, 0.15) is 12.4 Å². The van der Waals surface area contributed by atoms with Crippen molar-refractivity contribution in [3.05, 3.63) is 107 Å². The number of halogens is 1. The maximum absolute atomic E-state index is 14.3. The average molecular weight is 513 g/mol. The van der Waals surface area contributed by atoms with Gasteiger partial charge >= 0.3 is 5.97 Å². The summed E-state index contributed by atoms with van der Waals surface area (Å²) in [7, 11) is 0. The highest BCUT2D eigenvalue weighted by Crippen LogP contribution is 2.35. The second kappa shape index (κ2) is 11.2. The third kappa shape index (κ3) is 5.49. The first-order valence-electron chi connectivity index (χ1n) is 13.3. The molecule has 3 aromatic carbocycles. The van der Waals surface area contributed by atoms with E-state index in [-0.39, 0.29) is 30.2 Å². The molecular formula is C32H33FN2O3. The number of hydrogen-bond acceptors (Lipinski definition) is 2. The van der Waals surface area contributed by atoms with E-state index in [0.717, 1.165) is 40.6 Å². The van der Waals surface area contributed by atoms with Gasteiger partial charge in [-0.3, -0.25) is 9.59 Å². The molecule has 1 N–H and O–H groups in total. The minimum Gasteiger partial charge on any atom is -0.480 e. The Kier molecular flexibility index (Phi) is 7.59. The Morgan fingerprint density at radius 3 is 2.39 bits per heavy atom. The molecule has 0 bridgehead atoms. The summed E-state index contributed by atoms with van der Waals surface area (Å²) in [6, 6.07) is 24.8. The zero-order valence-corrected chi connectivity index (χ0v) is 21.6. The maximum Gasteiger partial charge on any atom is 0.323 e. The highest BCUT2D eigenvalue weighted by molar-refractivity contribution is 5.87. The highest BCUT2D eigenvalue weighted by Gasteiger charge is 2.33. The van der Waals surface area contributed by atoms with Crippen molar-refractivity contribution in [2.24, 2.45) is 5.92 Å². The number of amides is 1. The summed E-state index contributed by atoms with van der Waals surface area (Å²) < 4.78 is 16.1.